The number of carbonyl (C=O) groups excluding carboxylic acids is 1. The summed E-state index contributed by atoms with van der Waals surface area (Å²) in [5.74, 6) is 2.11. The summed E-state index contributed by atoms with van der Waals surface area (Å²) in [5.41, 5.74) is 5.80. The molecule has 0 bridgehead atoms. The van der Waals surface area contributed by atoms with Crippen LogP contribution in [0.25, 0.3) is 0 Å². The van der Waals surface area contributed by atoms with Crippen LogP contribution < -0.4 is 16.4 Å². The highest BCUT2D eigenvalue weighted by atomic mass is 32.1. The predicted molar refractivity (Wildman–Crippen MR) is 79.5 cm³/mol. The lowest BCUT2D eigenvalue weighted by Crippen LogP contribution is -2.25. The molecule has 1 heterocycles. The molecule has 1 aliphatic rings. The van der Waals surface area contributed by atoms with Crippen molar-refractivity contribution in [3.8, 4) is 0 Å². The van der Waals surface area contributed by atoms with Gasteiger partial charge in [0, 0.05) is 13.1 Å². The number of hydrogen-bond acceptors (Lipinski definition) is 5. The lowest BCUT2D eigenvalue weighted by molar-refractivity contribution is 0.0956. The molecule has 5 nitrogen and oxygen atoms in total. The van der Waals surface area contributed by atoms with Gasteiger partial charge in [-0.05, 0) is 24.2 Å². The van der Waals surface area contributed by atoms with Crippen molar-refractivity contribution < 1.29 is 4.79 Å². The summed E-state index contributed by atoms with van der Waals surface area (Å²) in [6, 6.07) is 0. The highest BCUT2D eigenvalue weighted by Crippen LogP contribution is 2.37. The van der Waals surface area contributed by atoms with E-state index in [-0.39, 0.29) is 5.91 Å². The maximum absolute atomic E-state index is 12.0. The van der Waals surface area contributed by atoms with Gasteiger partial charge in [0.05, 0.1) is 0 Å². The number of rotatable bonds is 6. The molecule has 1 aromatic heterocycles. The fourth-order valence-corrected chi connectivity index (χ4v) is 2.66. The molecule has 106 valence electrons. The molecule has 1 aliphatic carbocycles. The first-order valence-corrected chi connectivity index (χ1v) is 7.57. The number of nitrogen functional groups attached to an aromatic ring is 1. The molecule has 1 saturated carbocycles. The van der Waals surface area contributed by atoms with Crippen molar-refractivity contribution >= 4 is 28.2 Å². The Balaban J connectivity index is 1.89. The number of hydrogen-bond donors (Lipinski definition) is 3. The quantitative estimate of drug-likeness (QED) is 0.747. The van der Waals surface area contributed by atoms with Crippen LogP contribution in [0.5, 0.6) is 0 Å². The Labute approximate surface area is 118 Å². The van der Waals surface area contributed by atoms with Crippen LogP contribution in [0, 0.1) is 17.8 Å². The molecular weight excluding hydrogens is 260 g/mol. The molecule has 2 unspecified atom stereocenters. The first-order valence-electron chi connectivity index (χ1n) is 6.75. The number of thiazole rings is 1. The number of amides is 1. The minimum Gasteiger partial charge on any atom is -0.382 e. The van der Waals surface area contributed by atoms with Gasteiger partial charge in [0.2, 0.25) is 0 Å². The Kier molecular flexibility index (Phi) is 4.29. The van der Waals surface area contributed by atoms with Crippen LogP contribution in [-0.4, -0.2) is 24.0 Å². The van der Waals surface area contributed by atoms with E-state index in [1.807, 2.05) is 0 Å². The topological polar surface area (TPSA) is 80.0 Å². The minimum atomic E-state index is -0.105. The summed E-state index contributed by atoms with van der Waals surface area (Å²) in [6.07, 6.45) is 1.21. The van der Waals surface area contributed by atoms with Crippen molar-refractivity contribution in [1.82, 2.24) is 10.3 Å². The Morgan fingerprint density at radius 2 is 2.26 bits per heavy atom. The molecule has 0 aliphatic heterocycles. The lowest BCUT2D eigenvalue weighted by Gasteiger charge is -2.04. The number of nitrogens with zero attached hydrogens (tertiary/aromatic N) is 1. The van der Waals surface area contributed by atoms with Crippen LogP contribution in [0.1, 0.15) is 36.9 Å². The molecule has 19 heavy (non-hydrogen) atoms. The van der Waals surface area contributed by atoms with Crippen LogP contribution in [0.15, 0.2) is 0 Å². The molecule has 6 heteroatoms. The third kappa shape index (κ3) is 3.83. The second kappa shape index (κ2) is 5.77. The van der Waals surface area contributed by atoms with Crippen LogP contribution in [0.2, 0.25) is 0 Å². The summed E-state index contributed by atoms with van der Waals surface area (Å²) in [5, 5.41) is 6.84. The van der Waals surface area contributed by atoms with Crippen LogP contribution in [-0.2, 0) is 0 Å². The van der Waals surface area contributed by atoms with Gasteiger partial charge < -0.3 is 16.4 Å². The van der Waals surface area contributed by atoms with Gasteiger partial charge in [-0.2, -0.15) is 0 Å². The molecule has 2 atom stereocenters. The van der Waals surface area contributed by atoms with E-state index in [9.17, 15) is 4.79 Å². The summed E-state index contributed by atoms with van der Waals surface area (Å²) in [7, 11) is 0. The van der Waals surface area contributed by atoms with E-state index in [4.69, 9.17) is 5.73 Å². The average Bonchev–Trinajstić information content (AvgIpc) is 2.91. The minimum absolute atomic E-state index is 0.105. The molecule has 2 rings (SSSR count). The molecular formula is C13H22N4OS. The fraction of sp³-hybridized carbons (Fsp3) is 0.692. The van der Waals surface area contributed by atoms with Gasteiger partial charge in [-0.3, -0.25) is 4.79 Å². The zero-order valence-electron chi connectivity index (χ0n) is 11.7. The van der Waals surface area contributed by atoms with Crippen LogP contribution in [0.4, 0.5) is 10.9 Å². The third-order valence-corrected chi connectivity index (χ3v) is 4.35. The van der Waals surface area contributed by atoms with Crippen LogP contribution in [0.3, 0.4) is 0 Å². The summed E-state index contributed by atoms with van der Waals surface area (Å²) < 4.78 is 0. The van der Waals surface area contributed by atoms with Gasteiger partial charge in [-0.15, -0.1) is 0 Å². The summed E-state index contributed by atoms with van der Waals surface area (Å²) in [4.78, 5) is 16.7. The zero-order chi connectivity index (χ0) is 14.0. The Morgan fingerprint density at radius 3 is 2.84 bits per heavy atom. The molecule has 1 fully saturated rings. The van der Waals surface area contributed by atoms with Gasteiger partial charge in [0.1, 0.15) is 10.7 Å². The van der Waals surface area contributed by atoms with E-state index < -0.39 is 0 Å². The Hall–Kier alpha value is -1.30. The molecule has 1 amide bonds. The number of nitrogens with one attached hydrogen (secondary N) is 2. The smallest absolute Gasteiger partial charge is 0.265 e. The Bertz CT molecular complexity index is 457. The van der Waals surface area contributed by atoms with E-state index in [1.54, 1.807) is 0 Å². The van der Waals surface area contributed by atoms with Crippen LogP contribution >= 0.6 is 11.3 Å². The summed E-state index contributed by atoms with van der Waals surface area (Å²) in [6.45, 7) is 8.01. The van der Waals surface area contributed by atoms with Crippen molar-refractivity contribution in [1.29, 1.82) is 0 Å². The first-order chi connectivity index (χ1) is 8.97. The van der Waals surface area contributed by atoms with E-state index in [0.717, 1.165) is 24.1 Å². The SMILES string of the molecule is CC(C)CNc1nc(N)c(C(=O)NCC2CC2C)s1. The van der Waals surface area contributed by atoms with Crippen molar-refractivity contribution in [3.63, 3.8) is 0 Å². The number of aromatic nitrogens is 1. The molecule has 0 spiro atoms. The lowest BCUT2D eigenvalue weighted by atomic mass is 10.2. The van der Waals surface area contributed by atoms with Crippen molar-refractivity contribution in [2.24, 2.45) is 17.8 Å². The largest absolute Gasteiger partial charge is 0.382 e. The second-order valence-electron chi connectivity index (χ2n) is 5.69. The van der Waals surface area contributed by atoms with E-state index in [0.29, 0.717) is 22.5 Å². The fourth-order valence-electron chi connectivity index (χ4n) is 1.85. The number of anilines is 2. The van der Waals surface area contributed by atoms with Gasteiger partial charge >= 0.3 is 0 Å². The van der Waals surface area contributed by atoms with E-state index in [1.165, 1.54) is 17.8 Å². The average molecular weight is 282 g/mol. The maximum Gasteiger partial charge on any atom is 0.265 e. The number of nitrogens with two attached hydrogens (primary N) is 1. The molecule has 0 aromatic carbocycles. The molecule has 4 N–H and O–H groups in total. The number of carbonyl (C=O) groups is 1. The van der Waals surface area contributed by atoms with Gasteiger partial charge in [-0.25, -0.2) is 4.98 Å². The van der Waals surface area contributed by atoms with Crippen molar-refractivity contribution in [2.75, 3.05) is 24.1 Å². The van der Waals surface area contributed by atoms with Gasteiger partial charge in [0.25, 0.3) is 5.91 Å². The van der Waals surface area contributed by atoms with Crippen molar-refractivity contribution in [3.05, 3.63) is 4.88 Å². The Morgan fingerprint density at radius 1 is 1.58 bits per heavy atom. The first kappa shape index (κ1) is 14.1. The van der Waals surface area contributed by atoms with Crippen molar-refractivity contribution in [2.45, 2.75) is 27.2 Å². The molecule has 0 saturated heterocycles. The summed E-state index contributed by atoms with van der Waals surface area (Å²) >= 11 is 1.32. The third-order valence-electron chi connectivity index (χ3n) is 3.32. The monoisotopic (exact) mass is 282 g/mol. The second-order valence-corrected chi connectivity index (χ2v) is 6.69. The van der Waals surface area contributed by atoms with E-state index >= 15 is 0 Å². The highest BCUT2D eigenvalue weighted by molar-refractivity contribution is 7.18. The predicted octanol–water partition coefficient (Wildman–Crippen LogP) is 2.18. The van der Waals surface area contributed by atoms with Gasteiger partial charge in [-0.1, -0.05) is 32.1 Å². The standard InChI is InChI=1S/C13H22N4OS/c1-7(2)5-16-13-17-11(14)10(19-13)12(18)15-6-9-4-8(9)3/h7-9H,4-6,14H2,1-3H3,(H,15,18)(H,16,17). The zero-order valence-corrected chi connectivity index (χ0v) is 12.5. The molecule has 0 radical (unpaired) electrons. The van der Waals surface area contributed by atoms with Gasteiger partial charge in [0.15, 0.2) is 5.13 Å². The normalized spacial score (nSPS) is 21.5. The highest BCUT2D eigenvalue weighted by Gasteiger charge is 2.32. The molecule has 1 aromatic rings. The maximum atomic E-state index is 12.0. The van der Waals surface area contributed by atoms with E-state index in [2.05, 4.69) is 36.4 Å².